The lowest BCUT2D eigenvalue weighted by molar-refractivity contribution is 0.0826. The minimum Gasteiger partial charge on any atom is -0.546 e. The summed E-state index contributed by atoms with van der Waals surface area (Å²) in [6, 6.07) is 5.13. The summed E-state index contributed by atoms with van der Waals surface area (Å²) in [5.74, 6) is 1.16. The van der Waals surface area contributed by atoms with E-state index in [0.717, 1.165) is 11.3 Å². The van der Waals surface area contributed by atoms with Gasteiger partial charge in [-0.2, -0.15) is 0 Å². The maximum atomic E-state index is 12.5. The Labute approximate surface area is 197 Å². The Morgan fingerprint density at radius 3 is 2.45 bits per heavy atom. The van der Waals surface area contributed by atoms with Crippen LogP contribution in [-0.4, -0.2) is 51.2 Å². The Morgan fingerprint density at radius 1 is 1.21 bits per heavy atom. The number of carbonyl (C=O) groups is 1. The largest absolute Gasteiger partial charge is 0.546 e. The summed E-state index contributed by atoms with van der Waals surface area (Å²) in [6.45, 7) is 8.26. The first kappa shape index (κ1) is 24.6. The fourth-order valence-electron chi connectivity index (χ4n) is 3.40. The molecule has 0 saturated carbocycles. The standard InChI is InChI=1S/C22H30BN5O4S/c1-11(2)13-9-16(32-10-13)18(12(3)4)25-21-20(26-33(31)27-21)24-15-8-7-14(23)17(19(15)29)22(30)28(5)6/h7-12,18,29H,23H2,1-6H3,(H,24,26)(H,25,27)/t18-,33?/m1/s1. The van der Waals surface area contributed by atoms with E-state index in [2.05, 4.69) is 33.2 Å². The van der Waals surface area contributed by atoms with Crippen LogP contribution in [0.5, 0.6) is 5.75 Å². The first-order valence-electron chi connectivity index (χ1n) is 10.8. The molecule has 0 spiro atoms. The van der Waals surface area contributed by atoms with E-state index in [1.54, 1.807) is 40.3 Å². The third-order valence-corrected chi connectivity index (χ3v) is 6.07. The highest BCUT2D eigenvalue weighted by Gasteiger charge is 2.27. The molecule has 3 rings (SSSR count). The van der Waals surface area contributed by atoms with Crippen LogP contribution in [-0.2, 0) is 0 Å². The number of nitrogens with one attached hydrogen (secondary N) is 2. The molecule has 1 amide bonds. The number of phenolic OH excluding ortho intramolecular Hbond substituents is 1. The number of furan rings is 1. The van der Waals surface area contributed by atoms with Crippen LogP contribution >= 0.6 is 11.1 Å². The van der Waals surface area contributed by atoms with Gasteiger partial charge in [0.25, 0.3) is 5.91 Å². The fraction of sp³-hybridized carbons (Fsp3) is 0.409. The van der Waals surface area contributed by atoms with Crippen LogP contribution < -0.4 is 16.1 Å². The number of benzene rings is 1. The van der Waals surface area contributed by atoms with Crippen molar-refractivity contribution in [3.8, 4) is 5.75 Å². The van der Waals surface area contributed by atoms with Gasteiger partial charge in [0.2, 0.25) is 11.6 Å². The normalized spacial score (nSPS) is 12.8. The van der Waals surface area contributed by atoms with E-state index in [9.17, 15) is 14.5 Å². The molecular weight excluding hydrogens is 441 g/mol. The second-order valence-electron chi connectivity index (χ2n) is 8.89. The average Bonchev–Trinajstić information content (AvgIpc) is 3.34. The minimum atomic E-state index is -1.81. The molecular formula is C22H30BN5O4S. The predicted molar refractivity (Wildman–Crippen MR) is 132 cm³/mol. The SMILES string of the molecule is Bc1ccc(Nc2n[s+]([O-])nc2N[C@@H](c2cc(C(C)C)co2)C(C)C)c(O)c1C(=O)N(C)C. The van der Waals surface area contributed by atoms with Gasteiger partial charge in [0, 0.05) is 22.8 Å². The lowest BCUT2D eigenvalue weighted by Gasteiger charge is -2.20. The topological polar surface area (TPSA) is 127 Å². The number of rotatable bonds is 8. The second-order valence-corrected chi connectivity index (χ2v) is 9.72. The average molecular weight is 471 g/mol. The van der Waals surface area contributed by atoms with Gasteiger partial charge >= 0.3 is 0 Å². The number of aromatic hydroxyl groups is 1. The van der Waals surface area contributed by atoms with E-state index in [0.29, 0.717) is 11.4 Å². The van der Waals surface area contributed by atoms with Crippen molar-refractivity contribution >= 4 is 47.7 Å². The van der Waals surface area contributed by atoms with E-state index in [1.165, 1.54) is 4.90 Å². The van der Waals surface area contributed by atoms with Gasteiger partial charge in [-0.3, -0.25) is 4.79 Å². The Balaban J connectivity index is 1.93. The van der Waals surface area contributed by atoms with Crippen molar-refractivity contribution in [1.82, 2.24) is 13.6 Å². The Kier molecular flexibility index (Phi) is 7.33. The van der Waals surface area contributed by atoms with Crippen LogP contribution in [0.4, 0.5) is 17.3 Å². The van der Waals surface area contributed by atoms with Crippen molar-refractivity contribution in [2.24, 2.45) is 5.92 Å². The third-order valence-electron chi connectivity index (χ3n) is 5.39. The van der Waals surface area contributed by atoms with Crippen LogP contribution in [0.1, 0.15) is 61.3 Å². The summed E-state index contributed by atoms with van der Waals surface area (Å²) in [7, 11) is 4.98. The quantitative estimate of drug-likeness (QED) is 0.260. The summed E-state index contributed by atoms with van der Waals surface area (Å²) >= 11 is -1.81. The molecule has 0 aliphatic heterocycles. The van der Waals surface area contributed by atoms with Gasteiger partial charge in [0.05, 0.1) is 23.6 Å². The molecule has 11 heteroatoms. The van der Waals surface area contributed by atoms with Gasteiger partial charge in [-0.1, -0.05) is 39.2 Å². The molecule has 0 radical (unpaired) electrons. The van der Waals surface area contributed by atoms with Gasteiger partial charge in [0.15, 0.2) is 16.9 Å². The van der Waals surface area contributed by atoms with Gasteiger partial charge in [0.1, 0.15) is 13.6 Å². The van der Waals surface area contributed by atoms with E-state index in [-0.39, 0.29) is 46.5 Å². The highest BCUT2D eigenvalue weighted by molar-refractivity contribution is 7.14. The minimum absolute atomic E-state index is 0.131. The van der Waals surface area contributed by atoms with Crippen molar-refractivity contribution in [1.29, 1.82) is 0 Å². The van der Waals surface area contributed by atoms with Crippen LogP contribution in [0.15, 0.2) is 28.9 Å². The van der Waals surface area contributed by atoms with Gasteiger partial charge in [-0.05, 0) is 29.5 Å². The molecule has 2 heterocycles. The number of hydrogen-bond donors (Lipinski definition) is 3. The Hall–Kier alpha value is -3.05. The molecule has 2 atom stereocenters. The molecule has 33 heavy (non-hydrogen) atoms. The number of carbonyl (C=O) groups excluding carboxylic acids is 1. The second kappa shape index (κ2) is 9.84. The molecule has 0 saturated heterocycles. The zero-order valence-corrected chi connectivity index (χ0v) is 20.8. The fourth-order valence-corrected chi connectivity index (χ4v) is 4.03. The molecule has 0 aliphatic carbocycles. The molecule has 2 aromatic heterocycles. The number of nitrogens with zero attached hydrogens (tertiary/aromatic N) is 3. The summed E-state index contributed by atoms with van der Waals surface area (Å²) < 4.78 is 26.1. The molecule has 1 unspecified atom stereocenters. The first-order valence-corrected chi connectivity index (χ1v) is 11.8. The van der Waals surface area contributed by atoms with Crippen LogP contribution in [0.2, 0.25) is 0 Å². The lowest BCUT2D eigenvalue weighted by Crippen LogP contribution is -2.28. The highest BCUT2D eigenvalue weighted by Crippen LogP contribution is 2.36. The molecule has 0 fully saturated rings. The van der Waals surface area contributed by atoms with Gasteiger partial charge in [-0.15, -0.1) is 0 Å². The number of phenols is 1. The smallest absolute Gasteiger partial charge is 0.256 e. The van der Waals surface area contributed by atoms with E-state index in [1.807, 2.05) is 19.9 Å². The van der Waals surface area contributed by atoms with Crippen molar-refractivity contribution in [3.05, 3.63) is 41.3 Å². The molecule has 3 N–H and O–H groups in total. The summed E-state index contributed by atoms with van der Waals surface area (Å²) in [5.41, 5.74) is 2.18. The van der Waals surface area contributed by atoms with Crippen LogP contribution in [0.25, 0.3) is 0 Å². The van der Waals surface area contributed by atoms with Crippen molar-refractivity contribution in [3.63, 3.8) is 0 Å². The summed E-state index contributed by atoms with van der Waals surface area (Å²) in [4.78, 5) is 13.9. The highest BCUT2D eigenvalue weighted by atomic mass is 32.2. The van der Waals surface area contributed by atoms with Crippen LogP contribution in [0, 0.1) is 5.92 Å². The van der Waals surface area contributed by atoms with E-state index >= 15 is 0 Å². The van der Waals surface area contributed by atoms with Gasteiger partial charge in [-0.25, -0.2) is 0 Å². The zero-order valence-electron chi connectivity index (χ0n) is 20.0. The Morgan fingerprint density at radius 2 is 1.88 bits per heavy atom. The number of aromatic nitrogens is 2. The van der Waals surface area contributed by atoms with E-state index < -0.39 is 11.1 Å². The van der Waals surface area contributed by atoms with Crippen molar-refractivity contribution < 1.29 is 18.9 Å². The van der Waals surface area contributed by atoms with E-state index in [4.69, 9.17) is 4.42 Å². The third kappa shape index (κ3) is 5.31. The number of amides is 1. The lowest BCUT2D eigenvalue weighted by atomic mass is 9.88. The number of anilines is 3. The summed E-state index contributed by atoms with van der Waals surface area (Å²) in [5, 5.41) is 17.1. The molecule has 0 aliphatic rings. The van der Waals surface area contributed by atoms with Gasteiger partial charge < -0.3 is 29.6 Å². The monoisotopic (exact) mass is 471 g/mol. The molecule has 0 bridgehead atoms. The first-order chi connectivity index (χ1) is 15.5. The number of hydrogen-bond acceptors (Lipinski definition) is 8. The zero-order chi connectivity index (χ0) is 24.4. The summed E-state index contributed by atoms with van der Waals surface area (Å²) in [6.07, 6.45) is 1.74. The van der Waals surface area contributed by atoms with Crippen molar-refractivity contribution in [2.75, 3.05) is 24.7 Å². The maximum absolute atomic E-state index is 12.5. The molecule has 9 nitrogen and oxygen atoms in total. The predicted octanol–water partition coefficient (Wildman–Crippen LogP) is 3.14. The molecule has 176 valence electrons. The Bertz CT molecular complexity index is 1140. The molecule has 3 aromatic rings. The van der Waals surface area contributed by atoms with Crippen molar-refractivity contribution in [2.45, 2.75) is 39.7 Å². The maximum Gasteiger partial charge on any atom is 0.256 e. The van der Waals surface area contributed by atoms with Crippen LogP contribution in [0.3, 0.4) is 0 Å². The molecule has 1 aromatic carbocycles.